The van der Waals surface area contributed by atoms with Gasteiger partial charge < -0.3 is 0 Å². The summed E-state index contributed by atoms with van der Waals surface area (Å²) < 4.78 is 0. The molecule has 0 spiro atoms. The van der Waals surface area contributed by atoms with E-state index < -0.39 is 0 Å². The van der Waals surface area contributed by atoms with Crippen molar-refractivity contribution in [1.29, 1.82) is 5.26 Å². The quantitative estimate of drug-likeness (QED) is 0.684. The molecule has 1 heteroatoms. The van der Waals surface area contributed by atoms with Crippen LogP contribution in [0.15, 0.2) is 36.4 Å². The van der Waals surface area contributed by atoms with Gasteiger partial charge in [0.2, 0.25) is 0 Å². The molecule has 88 valence electrons. The van der Waals surface area contributed by atoms with E-state index >= 15 is 0 Å². The predicted molar refractivity (Wildman–Crippen MR) is 70.7 cm³/mol. The molecule has 1 nitrogen and oxygen atoms in total. The molecule has 0 saturated heterocycles. The molecule has 17 heavy (non-hydrogen) atoms. The van der Waals surface area contributed by atoms with E-state index in [4.69, 9.17) is 5.26 Å². The van der Waals surface area contributed by atoms with Gasteiger partial charge in [-0.25, -0.2) is 0 Å². The topological polar surface area (TPSA) is 23.8 Å². The van der Waals surface area contributed by atoms with Crippen LogP contribution in [-0.2, 0) is 0 Å². The number of nitriles is 1. The van der Waals surface area contributed by atoms with Crippen molar-refractivity contribution < 1.29 is 0 Å². The molecule has 0 radical (unpaired) electrons. The number of nitrogens with zero attached hydrogens (tertiary/aromatic N) is 1. The fourth-order valence-corrected chi connectivity index (χ4v) is 2.75. The summed E-state index contributed by atoms with van der Waals surface area (Å²) in [6.45, 7) is 2.10. The summed E-state index contributed by atoms with van der Waals surface area (Å²) >= 11 is 0. The first-order valence-electron chi connectivity index (χ1n) is 6.46. The molecule has 1 aliphatic carbocycles. The molecular formula is C16H19N. The lowest BCUT2D eigenvalue weighted by atomic mass is 9.78. The Morgan fingerprint density at radius 1 is 1.12 bits per heavy atom. The minimum atomic E-state index is 0.698. The van der Waals surface area contributed by atoms with E-state index in [9.17, 15) is 0 Å². The standard InChI is InChI=1S/C16H19N/c1-2-3-13-4-8-15(9-5-13)16-10-6-14(12-17)7-11-16/h2-3,6-7,10-11,13,15H,4-5,8-9H2,1H3. The Morgan fingerprint density at radius 3 is 2.29 bits per heavy atom. The van der Waals surface area contributed by atoms with Gasteiger partial charge in [-0.3, -0.25) is 0 Å². The molecule has 0 heterocycles. The van der Waals surface area contributed by atoms with Crippen molar-refractivity contribution >= 4 is 0 Å². The molecule has 1 aromatic carbocycles. The maximum absolute atomic E-state index is 8.77. The van der Waals surface area contributed by atoms with E-state index in [1.165, 1.54) is 31.2 Å². The summed E-state index contributed by atoms with van der Waals surface area (Å²) in [6.07, 6.45) is 9.67. The van der Waals surface area contributed by atoms with Gasteiger partial charge in [-0.15, -0.1) is 0 Å². The SMILES string of the molecule is CC=CC1CCC(c2ccc(C#N)cc2)CC1. The fourth-order valence-electron chi connectivity index (χ4n) is 2.75. The van der Waals surface area contributed by atoms with Crippen LogP contribution in [0.3, 0.4) is 0 Å². The maximum Gasteiger partial charge on any atom is 0.0991 e. The molecule has 1 saturated carbocycles. The predicted octanol–water partition coefficient (Wildman–Crippen LogP) is 4.41. The van der Waals surface area contributed by atoms with E-state index in [2.05, 4.69) is 37.3 Å². The lowest BCUT2D eigenvalue weighted by molar-refractivity contribution is 0.375. The van der Waals surface area contributed by atoms with Crippen LogP contribution in [0.5, 0.6) is 0 Å². The van der Waals surface area contributed by atoms with Crippen molar-refractivity contribution in [2.45, 2.75) is 38.5 Å². The van der Waals surface area contributed by atoms with Crippen LogP contribution in [-0.4, -0.2) is 0 Å². The van der Waals surface area contributed by atoms with E-state index in [-0.39, 0.29) is 0 Å². The Labute approximate surface area is 104 Å². The molecule has 0 aromatic heterocycles. The van der Waals surface area contributed by atoms with Gasteiger partial charge in [0.15, 0.2) is 0 Å². The lowest BCUT2D eigenvalue weighted by Gasteiger charge is -2.27. The van der Waals surface area contributed by atoms with Crippen LogP contribution in [0.25, 0.3) is 0 Å². The van der Waals surface area contributed by atoms with Crippen molar-refractivity contribution in [2.24, 2.45) is 5.92 Å². The first-order valence-corrected chi connectivity index (χ1v) is 6.46. The average molecular weight is 225 g/mol. The van der Waals surface area contributed by atoms with E-state index in [1.54, 1.807) is 0 Å². The number of hydrogen-bond donors (Lipinski definition) is 0. The van der Waals surface area contributed by atoms with Crippen LogP contribution < -0.4 is 0 Å². The van der Waals surface area contributed by atoms with Crippen molar-refractivity contribution in [1.82, 2.24) is 0 Å². The molecule has 0 atom stereocenters. The van der Waals surface area contributed by atoms with E-state index in [0.717, 1.165) is 11.5 Å². The summed E-state index contributed by atoms with van der Waals surface area (Å²) in [6, 6.07) is 10.3. The van der Waals surface area contributed by atoms with Crippen LogP contribution in [0.1, 0.15) is 49.7 Å². The highest BCUT2D eigenvalue weighted by molar-refractivity contribution is 5.33. The molecular weight excluding hydrogens is 206 g/mol. The summed E-state index contributed by atoms with van der Waals surface area (Å²) in [4.78, 5) is 0. The highest BCUT2D eigenvalue weighted by Crippen LogP contribution is 2.36. The summed E-state index contributed by atoms with van der Waals surface area (Å²) in [5, 5.41) is 8.77. The molecule has 1 fully saturated rings. The summed E-state index contributed by atoms with van der Waals surface area (Å²) in [5.74, 6) is 1.49. The molecule has 0 bridgehead atoms. The van der Waals surface area contributed by atoms with Crippen LogP contribution in [0.4, 0.5) is 0 Å². The third-order valence-electron chi connectivity index (χ3n) is 3.75. The fraction of sp³-hybridized carbons (Fsp3) is 0.438. The largest absolute Gasteiger partial charge is 0.192 e. The third kappa shape index (κ3) is 2.97. The van der Waals surface area contributed by atoms with Crippen molar-refractivity contribution in [3.8, 4) is 6.07 Å². The Morgan fingerprint density at radius 2 is 1.76 bits per heavy atom. The Kier molecular flexibility index (Phi) is 3.98. The first-order chi connectivity index (χ1) is 8.33. The molecule has 1 aliphatic rings. The third-order valence-corrected chi connectivity index (χ3v) is 3.75. The monoisotopic (exact) mass is 225 g/mol. The second-order valence-corrected chi connectivity index (χ2v) is 4.87. The van der Waals surface area contributed by atoms with Gasteiger partial charge in [0.25, 0.3) is 0 Å². The van der Waals surface area contributed by atoms with Crippen LogP contribution in [0.2, 0.25) is 0 Å². The summed E-state index contributed by atoms with van der Waals surface area (Å²) in [7, 11) is 0. The van der Waals surface area contributed by atoms with Crippen LogP contribution in [0, 0.1) is 17.2 Å². The molecule has 0 aliphatic heterocycles. The van der Waals surface area contributed by atoms with Crippen molar-refractivity contribution in [2.75, 3.05) is 0 Å². The van der Waals surface area contributed by atoms with Gasteiger partial charge >= 0.3 is 0 Å². The lowest BCUT2D eigenvalue weighted by Crippen LogP contribution is -2.11. The van der Waals surface area contributed by atoms with Gasteiger partial charge in [-0.05, 0) is 62.1 Å². The van der Waals surface area contributed by atoms with Crippen LogP contribution >= 0.6 is 0 Å². The molecule has 0 unspecified atom stereocenters. The minimum Gasteiger partial charge on any atom is -0.192 e. The second-order valence-electron chi connectivity index (χ2n) is 4.87. The van der Waals surface area contributed by atoms with Gasteiger partial charge in [0.1, 0.15) is 0 Å². The number of rotatable bonds is 2. The van der Waals surface area contributed by atoms with Gasteiger partial charge in [0.05, 0.1) is 11.6 Å². The smallest absolute Gasteiger partial charge is 0.0991 e. The maximum atomic E-state index is 8.77. The molecule has 0 amide bonds. The zero-order chi connectivity index (χ0) is 12.1. The van der Waals surface area contributed by atoms with Gasteiger partial charge in [-0.1, -0.05) is 24.3 Å². The Balaban J connectivity index is 1.98. The van der Waals surface area contributed by atoms with Crippen molar-refractivity contribution in [3.63, 3.8) is 0 Å². The van der Waals surface area contributed by atoms with E-state index in [0.29, 0.717) is 5.92 Å². The molecule has 0 N–H and O–H groups in total. The summed E-state index contributed by atoms with van der Waals surface area (Å²) in [5.41, 5.74) is 2.17. The number of benzene rings is 1. The first kappa shape index (κ1) is 11.9. The van der Waals surface area contributed by atoms with Gasteiger partial charge in [-0.2, -0.15) is 5.26 Å². The minimum absolute atomic E-state index is 0.698. The molecule has 2 rings (SSSR count). The Hall–Kier alpha value is -1.55. The normalized spacial score (nSPS) is 24.7. The average Bonchev–Trinajstić information content (AvgIpc) is 2.40. The zero-order valence-electron chi connectivity index (χ0n) is 10.4. The molecule has 1 aromatic rings. The van der Waals surface area contributed by atoms with Gasteiger partial charge in [0, 0.05) is 0 Å². The second kappa shape index (κ2) is 5.68. The number of allylic oxidation sites excluding steroid dienone is 2. The highest BCUT2D eigenvalue weighted by Gasteiger charge is 2.20. The van der Waals surface area contributed by atoms with Crippen molar-refractivity contribution in [3.05, 3.63) is 47.5 Å². The highest BCUT2D eigenvalue weighted by atomic mass is 14.3. The Bertz CT molecular complexity index is 414. The zero-order valence-corrected chi connectivity index (χ0v) is 10.4. The number of hydrogen-bond acceptors (Lipinski definition) is 1. The van der Waals surface area contributed by atoms with E-state index in [1.807, 2.05) is 12.1 Å².